The third-order valence-electron chi connectivity index (χ3n) is 4.70. The van der Waals surface area contributed by atoms with Crippen molar-refractivity contribution in [3.63, 3.8) is 0 Å². The fraction of sp³-hybridized carbons (Fsp3) is 0.318. The number of carbonyl (C=O) groups excluding carboxylic acids is 1. The lowest BCUT2D eigenvalue weighted by Gasteiger charge is -2.16. The number of oxime groups is 1. The quantitative estimate of drug-likeness (QED) is 0.424. The van der Waals surface area contributed by atoms with Gasteiger partial charge >= 0.3 is 6.55 Å². The Morgan fingerprint density at radius 1 is 1.20 bits per heavy atom. The molecule has 0 atom stereocenters. The van der Waals surface area contributed by atoms with E-state index in [2.05, 4.69) is 15.5 Å². The van der Waals surface area contributed by atoms with E-state index in [1.54, 1.807) is 24.3 Å². The number of alkyl halides is 2. The number of aromatic nitrogens is 2. The van der Waals surface area contributed by atoms with E-state index in [0.717, 1.165) is 21.4 Å². The average molecular weight is 414 g/mol. The maximum atomic E-state index is 13.5. The minimum Gasteiger partial charge on any atom is -0.385 e. The highest BCUT2D eigenvalue weighted by molar-refractivity contribution is 5.98. The van der Waals surface area contributed by atoms with Gasteiger partial charge in [0, 0.05) is 5.69 Å². The van der Waals surface area contributed by atoms with Crippen molar-refractivity contribution in [3.05, 3.63) is 59.4 Å². The molecule has 3 rings (SSSR count). The number of nitrogens with zero attached hydrogens (tertiary/aromatic N) is 3. The van der Waals surface area contributed by atoms with Gasteiger partial charge in [0.25, 0.3) is 5.91 Å². The van der Waals surface area contributed by atoms with Gasteiger partial charge in [0.05, 0.1) is 11.0 Å². The second kappa shape index (κ2) is 9.02. The van der Waals surface area contributed by atoms with Gasteiger partial charge in [0.1, 0.15) is 5.71 Å². The van der Waals surface area contributed by atoms with Crippen LogP contribution in [0.5, 0.6) is 0 Å². The second-order valence-electron chi connectivity index (χ2n) is 7.26. The maximum absolute atomic E-state index is 13.5. The number of hydrogen-bond donors (Lipinski definition) is 1. The van der Waals surface area contributed by atoms with E-state index < -0.39 is 6.55 Å². The van der Waals surface area contributed by atoms with Crippen LogP contribution in [-0.4, -0.2) is 27.8 Å². The van der Waals surface area contributed by atoms with Crippen LogP contribution in [0.1, 0.15) is 50.2 Å². The Bertz CT molecular complexity index is 1090. The molecule has 30 heavy (non-hydrogen) atoms. The topological polar surface area (TPSA) is 68.5 Å². The number of aryl methyl sites for hydroxylation is 1. The number of imidazole rings is 1. The molecule has 1 N–H and O–H groups in total. The number of para-hydroxylation sites is 3. The first-order chi connectivity index (χ1) is 14.3. The summed E-state index contributed by atoms with van der Waals surface area (Å²) < 4.78 is 27.9. The van der Waals surface area contributed by atoms with Gasteiger partial charge in [-0.05, 0) is 43.0 Å². The molecule has 0 saturated carbocycles. The Balaban J connectivity index is 1.73. The number of benzene rings is 2. The maximum Gasteiger partial charge on any atom is 0.320 e. The molecule has 0 aliphatic rings. The Hall–Kier alpha value is -3.29. The summed E-state index contributed by atoms with van der Waals surface area (Å²) in [5.74, 6) is -0.151. The highest BCUT2D eigenvalue weighted by atomic mass is 19.3. The molecule has 0 aliphatic carbocycles. The van der Waals surface area contributed by atoms with Crippen LogP contribution in [0.3, 0.4) is 0 Å². The SMILES string of the molecule is C/C(=N/OCC(=O)Nc1c(C)cccc1C(C)C)c1nc2ccccc2n1C(F)F. The highest BCUT2D eigenvalue weighted by Crippen LogP contribution is 2.27. The first-order valence-electron chi connectivity index (χ1n) is 9.61. The van der Waals surface area contributed by atoms with Gasteiger partial charge in [0.15, 0.2) is 12.4 Å². The van der Waals surface area contributed by atoms with Gasteiger partial charge < -0.3 is 10.2 Å². The summed E-state index contributed by atoms with van der Waals surface area (Å²) in [5.41, 5.74) is 3.60. The second-order valence-corrected chi connectivity index (χ2v) is 7.26. The Morgan fingerprint density at radius 3 is 2.63 bits per heavy atom. The minimum atomic E-state index is -2.78. The van der Waals surface area contributed by atoms with E-state index in [0.29, 0.717) is 11.0 Å². The molecule has 1 heterocycles. The van der Waals surface area contributed by atoms with Crippen molar-refractivity contribution < 1.29 is 18.4 Å². The lowest BCUT2D eigenvalue weighted by atomic mass is 9.98. The van der Waals surface area contributed by atoms with Crippen molar-refractivity contribution in [2.45, 2.75) is 40.2 Å². The first-order valence-corrected chi connectivity index (χ1v) is 9.61. The molecule has 0 spiro atoms. The molecular formula is C22H24F2N4O2. The van der Waals surface area contributed by atoms with E-state index >= 15 is 0 Å². The lowest BCUT2D eigenvalue weighted by molar-refractivity contribution is -0.120. The summed E-state index contributed by atoms with van der Waals surface area (Å²) >= 11 is 0. The van der Waals surface area contributed by atoms with Crippen LogP contribution in [0.15, 0.2) is 47.6 Å². The van der Waals surface area contributed by atoms with E-state index in [9.17, 15) is 13.6 Å². The first kappa shape index (κ1) is 21.4. The predicted octanol–water partition coefficient (Wildman–Crippen LogP) is 5.24. The molecule has 1 amide bonds. The molecule has 0 radical (unpaired) electrons. The standard InChI is InChI=1S/C22H24F2N4O2/c1-13(2)16-9-7-8-14(3)20(16)26-19(29)12-30-27-15(4)21-25-17-10-5-6-11-18(17)28(21)22(23)24/h5-11,13,22H,12H2,1-4H3,(H,26,29)/b27-15-. The third kappa shape index (κ3) is 4.48. The van der Waals surface area contributed by atoms with Gasteiger partial charge in [-0.25, -0.2) is 4.98 Å². The largest absolute Gasteiger partial charge is 0.385 e. The van der Waals surface area contributed by atoms with Gasteiger partial charge in [-0.15, -0.1) is 0 Å². The number of rotatable bonds is 7. The van der Waals surface area contributed by atoms with Gasteiger partial charge in [-0.3, -0.25) is 9.36 Å². The number of hydrogen-bond acceptors (Lipinski definition) is 4. The number of fused-ring (bicyclic) bond motifs is 1. The van der Waals surface area contributed by atoms with Crippen molar-refractivity contribution in [2.75, 3.05) is 11.9 Å². The van der Waals surface area contributed by atoms with Crippen LogP contribution < -0.4 is 5.32 Å². The average Bonchev–Trinajstić information content (AvgIpc) is 3.09. The molecule has 3 aromatic rings. The molecule has 158 valence electrons. The number of halogens is 2. The third-order valence-corrected chi connectivity index (χ3v) is 4.70. The van der Waals surface area contributed by atoms with Gasteiger partial charge in [-0.2, -0.15) is 8.78 Å². The summed E-state index contributed by atoms with van der Waals surface area (Å²) in [6, 6.07) is 12.4. The zero-order valence-corrected chi connectivity index (χ0v) is 17.3. The number of amides is 1. The molecule has 0 bridgehead atoms. The van der Waals surface area contributed by atoms with Gasteiger partial charge in [0.2, 0.25) is 0 Å². The highest BCUT2D eigenvalue weighted by Gasteiger charge is 2.20. The molecule has 1 aromatic heterocycles. The van der Waals surface area contributed by atoms with E-state index in [4.69, 9.17) is 4.84 Å². The number of anilines is 1. The van der Waals surface area contributed by atoms with Crippen LogP contribution >= 0.6 is 0 Å². The van der Waals surface area contributed by atoms with Crippen LogP contribution in [0.25, 0.3) is 11.0 Å². The molecule has 8 heteroatoms. The molecule has 6 nitrogen and oxygen atoms in total. The summed E-state index contributed by atoms with van der Waals surface area (Å²) in [7, 11) is 0. The zero-order chi connectivity index (χ0) is 21.8. The Labute approximate surface area is 173 Å². The molecule has 0 aliphatic heterocycles. The zero-order valence-electron chi connectivity index (χ0n) is 17.3. The molecule has 0 unspecified atom stereocenters. The molecule has 2 aromatic carbocycles. The summed E-state index contributed by atoms with van der Waals surface area (Å²) in [6.45, 7) is 4.39. The number of carbonyl (C=O) groups is 1. The molecular weight excluding hydrogens is 390 g/mol. The van der Waals surface area contributed by atoms with Crippen LogP contribution in [0.4, 0.5) is 14.5 Å². The van der Waals surface area contributed by atoms with E-state index in [1.165, 1.54) is 6.92 Å². The van der Waals surface area contributed by atoms with Gasteiger partial charge in [-0.1, -0.05) is 49.3 Å². The predicted molar refractivity (Wildman–Crippen MR) is 113 cm³/mol. The summed E-state index contributed by atoms with van der Waals surface area (Å²) in [6.07, 6.45) is 0. The Kier molecular flexibility index (Phi) is 6.44. The smallest absolute Gasteiger partial charge is 0.320 e. The van der Waals surface area contributed by atoms with Crippen molar-refractivity contribution >= 4 is 28.3 Å². The van der Waals surface area contributed by atoms with E-state index in [-0.39, 0.29) is 30.0 Å². The molecule has 0 saturated heterocycles. The van der Waals surface area contributed by atoms with Crippen molar-refractivity contribution in [1.82, 2.24) is 9.55 Å². The summed E-state index contributed by atoms with van der Waals surface area (Å²) in [5, 5.41) is 6.68. The number of nitrogens with one attached hydrogen (secondary N) is 1. The normalized spacial score (nSPS) is 12.1. The molecule has 0 fully saturated rings. The van der Waals surface area contributed by atoms with Crippen molar-refractivity contribution in [2.24, 2.45) is 5.16 Å². The fourth-order valence-electron chi connectivity index (χ4n) is 3.24. The van der Waals surface area contributed by atoms with Crippen molar-refractivity contribution in [1.29, 1.82) is 0 Å². The Morgan fingerprint density at radius 2 is 1.93 bits per heavy atom. The monoisotopic (exact) mass is 414 g/mol. The van der Waals surface area contributed by atoms with Crippen LogP contribution in [0, 0.1) is 6.92 Å². The van der Waals surface area contributed by atoms with Crippen molar-refractivity contribution in [3.8, 4) is 0 Å². The van der Waals surface area contributed by atoms with Crippen LogP contribution in [0.2, 0.25) is 0 Å². The summed E-state index contributed by atoms with van der Waals surface area (Å²) in [4.78, 5) is 21.7. The minimum absolute atomic E-state index is 0.00685. The fourth-order valence-corrected chi connectivity index (χ4v) is 3.24. The van der Waals surface area contributed by atoms with Crippen LogP contribution in [-0.2, 0) is 9.63 Å². The lowest BCUT2D eigenvalue weighted by Crippen LogP contribution is -2.19. The van der Waals surface area contributed by atoms with E-state index in [1.807, 2.05) is 39.0 Å².